The summed E-state index contributed by atoms with van der Waals surface area (Å²) in [6.07, 6.45) is 8.03. The minimum atomic E-state index is -0.938. The van der Waals surface area contributed by atoms with Crippen LogP contribution in [0.15, 0.2) is 43.1 Å². The van der Waals surface area contributed by atoms with Crippen LogP contribution >= 0.6 is 0 Å². The molecule has 8 nitrogen and oxygen atoms in total. The second-order valence-corrected chi connectivity index (χ2v) is 8.15. The third kappa shape index (κ3) is 3.49. The molecule has 5 rings (SSSR count). The van der Waals surface area contributed by atoms with Gasteiger partial charge in [0.2, 0.25) is 0 Å². The molecular formula is C22H22FN7O. The van der Waals surface area contributed by atoms with Crippen molar-refractivity contribution in [2.24, 2.45) is 0 Å². The molecule has 0 aliphatic carbocycles. The summed E-state index contributed by atoms with van der Waals surface area (Å²) in [5.41, 5.74) is 2.03. The maximum Gasteiger partial charge on any atom is 0.158 e. The zero-order valence-corrected chi connectivity index (χ0v) is 17.0. The summed E-state index contributed by atoms with van der Waals surface area (Å²) in [6, 6.07) is 7.17. The Balaban J connectivity index is 1.35. The summed E-state index contributed by atoms with van der Waals surface area (Å²) in [7, 11) is 1.86. The summed E-state index contributed by atoms with van der Waals surface area (Å²) >= 11 is 0. The van der Waals surface area contributed by atoms with Gasteiger partial charge in [0, 0.05) is 37.0 Å². The van der Waals surface area contributed by atoms with Crippen LogP contribution in [0.5, 0.6) is 5.75 Å². The lowest BCUT2D eigenvalue weighted by molar-refractivity contribution is 0.176. The zero-order valence-electron chi connectivity index (χ0n) is 17.0. The van der Waals surface area contributed by atoms with Crippen molar-refractivity contribution in [1.29, 1.82) is 5.26 Å². The highest BCUT2D eigenvalue weighted by Crippen LogP contribution is 2.34. The molecule has 0 saturated carbocycles. The number of nitrogens with one attached hydrogen (secondary N) is 1. The molecule has 4 atom stereocenters. The summed E-state index contributed by atoms with van der Waals surface area (Å²) in [4.78, 5) is 14.8. The third-order valence-corrected chi connectivity index (χ3v) is 6.30. The third-order valence-electron chi connectivity index (χ3n) is 6.30. The van der Waals surface area contributed by atoms with E-state index < -0.39 is 6.17 Å². The number of fused-ring (bicyclic) bond motifs is 2. The molecule has 158 valence electrons. The highest BCUT2D eigenvalue weighted by atomic mass is 19.1. The van der Waals surface area contributed by atoms with Crippen molar-refractivity contribution in [2.45, 2.75) is 43.6 Å². The maximum atomic E-state index is 14.9. The van der Waals surface area contributed by atoms with Gasteiger partial charge in [0.25, 0.3) is 0 Å². The molecule has 0 radical (unpaired) electrons. The number of anilines is 1. The van der Waals surface area contributed by atoms with Gasteiger partial charge in [-0.15, -0.1) is 0 Å². The Morgan fingerprint density at radius 2 is 2.13 bits per heavy atom. The highest BCUT2D eigenvalue weighted by Gasteiger charge is 2.43. The van der Waals surface area contributed by atoms with Gasteiger partial charge in [-0.3, -0.25) is 4.98 Å². The van der Waals surface area contributed by atoms with Gasteiger partial charge < -0.3 is 19.9 Å². The second kappa shape index (κ2) is 7.63. The molecule has 9 heteroatoms. The summed E-state index contributed by atoms with van der Waals surface area (Å²) < 4.78 is 16.5. The van der Waals surface area contributed by atoms with E-state index in [1.54, 1.807) is 41.4 Å². The standard InChI is InChI=1S/C22H22FN7O/c1-29(19-6-13-2-5-17(28-13)22(19)23)21-10-25-18(9-26-21)16-4-3-15(7-20(16)31)30-11-14(8-24)27-12-30/h3-4,7,9-13,17,19,22,28,31H,2,5-6H2,1H3/t13?,17-,19+,22-/m0/s1. The van der Waals surface area contributed by atoms with Crippen LogP contribution in [0.4, 0.5) is 10.2 Å². The first-order valence-electron chi connectivity index (χ1n) is 10.3. The number of alkyl halides is 1. The number of aromatic nitrogens is 4. The molecule has 4 heterocycles. The molecule has 2 aromatic heterocycles. The van der Waals surface area contributed by atoms with Gasteiger partial charge in [0.15, 0.2) is 5.69 Å². The molecule has 2 bridgehead atoms. The molecule has 3 aromatic rings. The van der Waals surface area contributed by atoms with Crippen molar-refractivity contribution in [1.82, 2.24) is 24.8 Å². The minimum Gasteiger partial charge on any atom is -0.507 e. The Kier molecular flexibility index (Phi) is 4.79. The minimum absolute atomic E-state index is 0.0406. The van der Waals surface area contributed by atoms with Gasteiger partial charge in [-0.25, -0.2) is 14.4 Å². The predicted molar refractivity (Wildman–Crippen MR) is 113 cm³/mol. The quantitative estimate of drug-likeness (QED) is 0.670. The largest absolute Gasteiger partial charge is 0.507 e. The second-order valence-electron chi connectivity index (χ2n) is 8.15. The molecule has 1 aromatic carbocycles. The molecule has 0 amide bonds. The van der Waals surface area contributed by atoms with Gasteiger partial charge in [-0.2, -0.15) is 5.26 Å². The Bertz CT molecular complexity index is 1140. The number of aromatic hydroxyl groups is 1. The Morgan fingerprint density at radius 1 is 1.26 bits per heavy atom. The molecule has 1 unspecified atom stereocenters. The van der Waals surface area contributed by atoms with Crippen LogP contribution in [-0.2, 0) is 0 Å². The first kappa shape index (κ1) is 19.5. The van der Waals surface area contributed by atoms with Crippen molar-refractivity contribution in [2.75, 3.05) is 11.9 Å². The van der Waals surface area contributed by atoms with Gasteiger partial charge in [-0.05, 0) is 31.4 Å². The van der Waals surface area contributed by atoms with Crippen molar-refractivity contribution in [3.63, 3.8) is 0 Å². The van der Waals surface area contributed by atoms with E-state index in [-0.39, 0.29) is 17.8 Å². The number of phenolic OH excluding ortho intramolecular Hbond substituents is 1. The Hall–Kier alpha value is -3.51. The maximum absolute atomic E-state index is 14.9. The van der Waals surface area contributed by atoms with Crippen LogP contribution < -0.4 is 10.2 Å². The van der Waals surface area contributed by atoms with Crippen LogP contribution in [0.25, 0.3) is 16.9 Å². The lowest BCUT2D eigenvalue weighted by Gasteiger charge is -2.38. The normalized spacial score (nSPS) is 24.7. The first-order chi connectivity index (χ1) is 15.0. The highest BCUT2D eigenvalue weighted by molar-refractivity contribution is 5.68. The lowest BCUT2D eigenvalue weighted by Crippen LogP contribution is -2.55. The van der Waals surface area contributed by atoms with Crippen molar-refractivity contribution in [3.05, 3.63) is 48.8 Å². The van der Waals surface area contributed by atoms with Crippen molar-refractivity contribution in [3.8, 4) is 28.8 Å². The molecule has 2 N–H and O–H groups in total. The van der Waals surface area contributed by atoms with Gasteiger partial charge >= 0.3 is 0 Å². The average Bonchev–Trinajstić information content (AvgIpc) is 3.43. The number of hydrogen-bond donors (Lipinski definition) is 2. The zero-order chi connectivity index (χ0) is 21.5. The van der Waals surface area contributed by atoms with E-state index in [4.69, 9.17) is 5.26 Å². The molecule has 2 aliphatic heterocycles. The number of rotatable bonds is 4. The van der Waals surface area contributed by atoms with E-state index in [9.17, 15) is 9.50 Å². The fourth-order valence-electron chi connectivity index (χ4n) is 4.58. The first-order valence-corrected chi connectivity index (χ1v) is 10.3. The summed E-state index contributed by atoms with van der Waals surface area (Å²) in [5, 5.41) is 22.8. The van der Waals surface area contributed by atoms with Crippen molar-refractivity contribution < 1.29 is 9.50 Å². The summed E-state index contributed by atoms with van der Waals surface area (Å²) in [6.45, 7) is 0. The van der Waals surface area contributed by atoms with Crippen LogP contribution in [-0.4, -0.2) is 56.0 Å². The fourth-order valence-corrected chi connectivity index (χ4v) is 4.58. The van der Waals surface area contributed by atoms with E-state index in [0.717, 1.165) is 19.3 Å². The molecule has 2 aliphatic rings. The lowest BCUT2D eigenvalue weighted by atomic mass is 9.96. The van der Waals surface area contributed by atoms with Crippen molar-refractivity contribution >= 4 is 5.82 Å². The van der Waals surface area contributed by atoms with E-state index in [2.05, 4.69) is 20.3 Å². The smallest absolute Gasteiger partial charge is 0.158 e. The van der Waals surface area contributed by atoms with Crippen LogP contribution in [0.2, 0.25) is 0 Å². The SMILES string of the molecule is CN(c1cnc(-c2ccc(-n3cnc(C#N)c3)cc2O)cn1)[C@@H]1CC2CC[C@H](N2)[C@@H]1F. The monoisotopic (exact) mass is 419 g/mol. The number of benzene rings is 1. The van der Waals surface area contributed by atoms with E-state index in [0.29, 0.717) is 34.5 Å². The number of imidazole rings is 1. The van der Waals surface area contributed by atoms with E-state index in [1.165, 1.54) is 6.33 Å². The fraction of sp³-hybridized carbons (Fsp3) is 0.364. The Labute approximate surface area is 179 Å². The van der Waals surface area contributed by atoms with Gasteiger partial charge in [0.05, 0.1) is 29.8 Å². The predicted octanol–water partition coefficient (Wildman–Crippen LogP) is 2.57. The Morgan fingerprint density at radius 3 is 2.84 bits per heavy atom. The van der Waals surface area contributed by atoms with E-state index in [1.807, 2.05) is 18.0 Å². The van der Waals surface area contributed by atoms with Gasteiger partial charge in [-0.1, -0.05) is 0 Å². The number of hydrogen-bond acceptors (Lipinski definition) is 7. The number of phenols is 1. The van der Waals surface area contributed by atoms with E-state index >= 15 is 0 Å². The van der Waals surface area contributed by atoms with Crippen LogP contribution in [0.3, 0.4) is 0 Å². The molecule has 0 spiro atoms. The number of halogens is 1. The molecule has 2 saturated heterocycles. The molecule has 2 fully saturated rings. The molecular weight excluding hydrogens is 397 g/mol. The summed E-state index contributed by atoms with van der Waals surface area (Å²) in [5.74, 6) is 0.648. The number of piperidine rings is 1. The van der Waals surface area contributed by atoms with Crippen LogP contribution in [0.1, 0.15) is 25.0 Å². The van der Waals surface area contributed by atoms with Gasteiger partial charge in [0.1, 0.15) is 30.1 Å². The number of nitrogens with zero attached hydrogens (tertiary/aromatic N) is 6. The topological polar surface area (TPSA) is 103 Å². The molecule has 31 heavy (non-hydrogen) atoms. The average molecular weight is 419 g/mol. The number of nitriles is 1. The van der Waals surface area contributed by atoms with Crippen LogP contribution in [0, 0.1) is 11.3 Å².